The number of amides is 1. The number of carbonyl (C=O) groups excluding carboxylic acids is 1. The van der Waals surface area contributed by atoms with Crippen molar-refractivity contribution in [2.75, 3.05) is 5.32 Å². The van der Waals surface area contributed by atoms with Crippen molar-refractivity contribution in [3.05, 3.63) is 28.3 Å². The van der Waals surface area contributed by atoms with Crippen LogP contribution in [0.2, 0.25) is 0 Å². The smallest absolute Gasteiger partial charge is 0.271 e. The van der Waals surface area contributed by atoms with Crippen LogP contribution in [0.25, 0.3) is 0 Å². The van der Waals surface area contributed by atoms with Crippen LogP contribution in [0.3, 0.4) is 0 Å². The van der Waals surface area contributed by atoms with Gasteiger partial charge >= 0.3 is 0 Å². The molecule has 4 N–H and O–H groups in total. The Labute approximate surface area is 96.4 Å². The standard InChI is InChI=1S/C10H11N3O4/c11-10(3-4-10)9(15)12-7-5-6(13(16)17)1-2-8(7)14/h1-2,5,14H,3-4,11H2,(H,12,15). The summed E-state index contributed by atoms with van der Waals surface area (Å²) >= 11 is 0. The Bertz CT molecular complexity index is 496. The zero-order valence-corrected chi connectivity index (χ0v) is 8.84. The van der Waals surface area contributed by atoms with Crippen molar-refractivity contribution in [3.63, 3.8) is 0 Å². The van der Waals surface area contributed by atoms with E-state index < -0.39 is 16.4 Å². The molecule has 0 saturated heterocycles. The number of phenols is 1. The Kier molecular flexibility index (Phi) is 2.47. The molecule has 0 heterocycles. The number of non-ortho nitro benzene ring substituents is 1. The van der Waals surface area contributed by atoms with Crippen LogP contribution in [-0.2, 0) is 4.79 Å². The van der Waals surface area contributed by atoms with Crippen LogP contribution in [0, 0.1) is 10.1 Å². The van der Waals surface area contributed by atoms with E-state index in [-0.39, 0.29) is 17.1 Å². The molecule has 0 aromatic heterocycles. The second-order valence-electron chi connectivity index (χ2n) is 4.07. The van der Waals surface area contributed by atoms with E-state index in [1.165, 1.54) is 0 Å². The van der Waals surface area contributed by atoms with Crippen molar-refractivity contribution in [2.45, 2.75) is 18.4 Å². The Hall–Kier alpha value is -2.15. The van der Waals surface area contributed by atoms with Gasteiger partial charge in [-0.05, 0) is 18.9 Å². The van der Waals surface area contributed by atoms with Crippen LogP contribution in [0.1, 0.15) is 12.8 Å². The molecule has 17 heavy (non-hydrogen) atoms. The lowest BCUT2D eigenvalue weighted by Crippen LogP contribution is -2.37. The van der Waals surface area contributed by atoms with Gasteiger partial charge in [-0.3, -0.25) is 14.9 Å². The minimum Gasteiger partial charge on any atom is -0.506 e. The van der Waals surface area contributed by atoms with Crippen molar-refractivity contribution >= 4 is 17.3 Å². The van der Waals surface area contributed by atoms with E-state index in [1.807, 2.05) is 0 Å². The van der Waals surface area contributed by atoms with Gasteiger partial charge in [0.1, 0.15) is 5.75 Å². The van der Waals surface area contributed by atoms with Crippen LogP contribution in [0.4, 0.5) is 11.4 Å². The number of nitrogens with two attached hydrogens (primary N) is 1. The summed E-state index contributed by atoms with van der Waals surface area (Å²) in [4.78, 5) is 21.6. The summed E-state index contributed by atoms with van der Waals surface area (Å²) in [6, 6.07) is 3.41. The summed E-state index contributed by atoms with van der Waals surface area (Å²) < 4.78 is 0. The first-order chi connectivity index (χ1) is 7.92. The Morgan fingerprint density at radius 2 is 2.18 bits per heavy atom. The number of nitrogens with zero attached hydrogens (tertiary/aromatic N) is 1. The lowest BCUT2D eigenvalue weighted by atomic mass is 10.2. The van der Waals surface area contributed by atoms with Gasteiger partial charge in [0, 0.05) is 12.1 Å². The average molecular weight is 237 g/mol. The average Bonchev–Trinajstić information content (AvgIpc) is 3.00. The van der Waals surface area contributed by atoms with Crippen LogP contribution in [0.15, 0.2) is 18.2 Å². The largest absolute Gasteiger partial charge is 0.506 e. The van der Waals surface area contributed by atoms with Crippen molar-refractivity contribution in [2.24, 2.45) is 5.73 Å². The third kappa shape index (κ3) is 2.18. The van der Waals surface area contributed by atoms with E-state index in [0.717, 1.165) is 18.2 Å². The molecular formula is C10H11N3O4. The van der Waals surface area contributed by atoms with E-state index >= 15 is 0 Å². The third-order valence-corrected chi connectivity index (χ3v) is 2.68. The fourth-order valence-electron chi connectivity index (χ4n) is 1.35. The second kappa shape index (κ2) is 3.70. The SMILES string of the molecule is NC1(C(=O)Nc2cc([N+](=O)[O-])ccc2O)CC1. The summed E-state index contributed by atoms with van der Waals surface area (Å²) in [7, 11) is 0. The predicted octanol–water partition coefficient (Wildman–Crippen LogP) is 0.730. The van der Waals surface area contributed by atoms with Gasteiger partial charge in [-0.25, -0.2) is 0 Å². The minimum atomic E-state index is -0.892. The number of nitrogens with one attached hydrogen (secondary N) is 1. The molecule has 2 rings (SSSR count). The maximum Gasteiger partial charge on any atom is 0.271 e. The highest BCUT2D eigenvalue weighted by molar-refractivity contribution is 6.01. The number of benzene rings is 1. The van der Waals surface area contributed by atoms with E-state index in [4.69, 9.17) is 5.73 Å². The Balaban J connectivity index is 2.22. The number of rotatable bonds is 3. The first kappa shape index (κ1) is 11.3. The number of anilines is 1. The molecule has 0 atom stereocenters. The van der Waals surface area contributed by atoms with Gasteiger partial charge in [-0.2, -0.15) is 0 Å². The normalized spacial score (nSPS) is 16.3. The minimum absolute atomic E-state index is 0.000856. The highest BCUT2D eigenvalue weighted by Gasteiger charge is 2.46. The molecule has 1 aliphatic carbocycles. The van der Waals surface area contributed by atoms with Crippen LogP contribution < -0.4 is 11.1 Å². The van der Waals surface area contributed by atoms with Crippen molar-refractivity contribution in [1.82, 2.24) is 0 Å². The molecule has 90 valence electrons. The molecule has 1 aromatic carbocycles. The first-order valence-corrected chi connectivity index (χ1v) is 5.00. The van der Waals surface area contributed by atoms with E-state index in [0.29, 0.717) is 12.8 Å². The number of hydrogen-bond donors (Lipinski definition) is 3. The van der Waals surface area contributed by atoms with Gasteiger partial charge in [0.05, 0.1) is 16.1 Å². The Morgan fingerprint density at radius 1 is 1.53 bits per heavy atom. The van der Waals surface area contributed by atoms with Crippen LogP contribution in [0.5, 0.6) is 5.75 Å². The lowest BCUT2D eigenvalue weighted by Gasteiger charge is -2.10. The molecule has 0 spiro atoms. The highest BCUT2D eigenvalue weighted by Crippen LogP contribution is 2.35. The van der Waals surface area contributed by atoms with E-state index in [9.17, 15) is 20.0 Å². The molecule has 0 radical (unpaired) electrons. The number of nitro benzene ring substituents is 1. The van der Waals surface area contributed by atoms with Gasteiger partial charge < -0.3 is 16.2 Å². The molecule has 1 fully saturated rings. The van der Waals surface area contributed by atoms with Gasteiger partial charge in [-0.1, -0.05) is 0 Å². The van der Waals surface area contributed by atoms with Crippen molar-refractivity contribution in [1.29, 1.82) is 0 Å². The second-order valence-corrected chi connectivity index (χ2v) is 4.07. The van der Waals surface area contributed by atoms with E-state index in [2.05, 4.69) is 5.32 Å². The molecule has 1 aromatic rings. The molecule has 0 bridgehead atoms. The highest BCUT2D eigenvalue weighted by atomic mass is 16.6. The van der Waals surface area contributed by atoms with Crippen molar-refractivity contribution in [3.8, 4) is 5.75 Å². The molecule has 7 nitrogen and oxygen atoms in total. The zero-order chi connectivity index (χ0) is 12.6. The summed E-state index contributed by atoms with van der Waals surface area (Å²) in [5, 5.41) is 22.4. The maximum absolute atomic E-state index is 11.6. The van der Waals surface area contributed by atoms with Crippen LogP contribution in [-0.4, -0.2) is 21.5 Å². The number of hydrogen-bond acceptors (Lipinski definition) is 5. The molecule has 0 aliphatic heterocycles. The summed E-state index contributed by atoms with van der Waals surface area (Å²) in [6.45, 7) is 0. The molecule has 1 saturated carbocycles. The van der Waals surface area contributed by atoms with Crippen molar-refractivity contribution < 1.29 is 14.8 Å². The Morgan fingerprint density at radius 3 is 2.71 bits per heavy atom. The monoisotopic (exact) mass is 237 g/mol. The molecular weight excluding hydrogens is 226 g/mol. The summed E-state index contributed by atoms with van der Waals surface area (Å²) in [6.07, 6.45) is 1.16. The quantitative estimate of drug-likeness (QED) is 0.407. The third-order valence-electron chi connectivity index (χ3n) is 2.68. The topological polar surface area (TPSA) is 118 Å². The number of phenolic OH excluding ortho intramolecular Hbond substituents is 1. The molecule has 1 aliphatic rings. The maximum atomic E-state index is 11.6. The predicted molar refractivity (Wildman–Crippen MR) is 59.5 cm³/mol. The summed E-state index contributed by atoms with van der Waals surface area (Å²) in [5.41, 5.74) is 4.56. The fraction of sp³-hybridized carbons (Fsp3) is 0.300. The summed E-state index contributed by atoms with van der Waals surface area (Å²) in [5.74, 6) is -0.665. The first-order valence-electron chi connectivity index (χ1n) is 5.00. The number of nitro groups is 1. The lowest BCUT2D eigenvalue weighted by molar-refractivity contribution is -0.384. The molecule has 7 heteroatoms. The van der Waals surface area contributed by atoms with Gasteiger partial charge in [0.25, 0.3) is 5.69 Å². The van der Waals surface area contributed by atoms with Gasteiger partial charge in [-0.15, -0.1) is 0 Å². The van der Waals surface area contributed by atoms with Crippen LogP contribution >= 0.6 is 0 Å². The van der Waals surface area contributed by atoms with E-state index in [1.54, 1.807) is 0 Å². The van der Waals surface area contributed by atoms with Gasteiger partial charge in [0.15, 0.2) is 0 Å². The fourth-order valence-corrected chi connectivity index (χ4v) is 1.35. The molecule has 1 amide bonds. The number of carbonyl (C=O) groups is 1. The van der Waals surface area contributed by atoms with Gasteiger partial charge in [0.2, 0.25) is 5.91 Å². The number of aromatic hydroxyl groups is 1. The molecule has 0 unspecified atom stereocenters. The zero-order valence-electron chi connectivity index (χ0n) is 8.84.